The summed E-state index contributed by atoms with van der Waals surface area (Å²) in [4.78, 5) is 4.40. The lowest BCUT2D eigenvalue weighted by Crippen LogP contribution is -2.13. The van der Waals surface area contributed by atoms with Crippen LogP contribution in [0.25, 0.3) is 0 Å². The highest BCUT2D eigenvalue weighted by molar-refractivity contribution is 5.29. The Kier molecular flexibility index (Phi) is 3.11. The number of aromatic nitrogens is 2. The topological polar surface area (TPSA) is 64.9 Å². The smallest absolute Gasteiger partial charge is 0.229 e. The SMILES string of the molecule is CC(C)c1ccc(C(N)c2noc(C3CC3)n2)cc1. The molecule has 1 heterocycles. The van der Waals surface area contributed by atoms with E-state index < -0.39 is 0 Å². The summed E-state index contributed by atoms with van der Waals surface area (Å²) in [7, 11) is 0. The van der Waals surface area contributed by atoms with Gasteiger partial charge in [0.05, 0.1) is 6.04 Å². The van der Waals surface area contributed by atoms with Crippen LogP contribution in [0.5, 0.6) is 0 Å². The van der Waals surface area contributed by atoms with Crippen LogP contribution in [0.15, 0.2) is 28.8 Å². The van der Waals surface area contributed by atoms with E-state index in [9.17, 15) is 0 Å². The summed E-state index contributed by atoms with van der Waals surface area (Å²) >= 11 is 0. The van der Waals surface area contributed by atoms with Gasteiger partial charge in [-0.15, -0.1) is 0 Å². The molecule has 0 spiro atoms. The molecule has 1 unspecified atom stereocenters. The first-order valence-corrected chi connectivity index (χ1v) is 6.84. The third-order valence-corrected chi connectivity index (χ3v) is 3.62. The van der Waals surface area contributed by atoms with E-state index in [1.807, 2.05) is 12.1 Å². The van der Waals surface area contributed by atoms with Gasteiger partial charge in [0.2, 0.25) is 5.89 Å². The second-order valence-electron chi connectivity index (χ2n) is 5.56. The molecule has 2 aromatic rings. The quantitative estimate of drug-likeness (QED) is 0.914. The summed E-state index contributed by atoms with van der Waals surface area (Å²) in [6.45, 7) is 4.35. The molecule has 1 aliphatic rings. The Hall–Kier alpha value is -1.68. The molecule has 4 heteroatoms. The molecule has 0 saturated heterocycles. The van der Waals surface area contributed by atoms with Crippen molar-refractivity contribution >= 4 is 0 Å². The van der Waals surface area contributed by atoms with E-state index in [4.69, 9.17) is 10.3 Å². The molecule has 3 rings (SSSR count). The minimum atomic E-state index is -0.308. The highest BCUT2D eigenvalue weighted by Gasteiger charge is 2.30. The van der Waals surface area contributed by atoms with E-state index in [2.05, 4.69) is 36.1 Å². The fourth-order valence-corrected chi connectivity index (χ4v) is 2.11. The average molecular weight is 257 g/mol. The summed E-state index contributed by atoms with van der Waals surface area (Å²) in [5, 5.41) is 4.00. The number of nitrogens with zero attached hydrogens (tertiary/aromatic N) is 2. The molecule has 0 radical (unpaired) electrons. The Labute approximate surface area is 113 Å². The van der Waals surface area contributed by atoms with Crippen LogP contribution in [0.1, 0.15) is 67.4 Å². The standard InChI is InChI=1S/C15H19N3O/c1-9(2)10-3-5-11(6-4-10)13(16)14-17-15(19-18-14)12-7-8-12/h3-6,9,12-13H,7-8,16H2,1-2H3. The Morgan fingerprint density at radius 2 is 1.79 bits per heavy atom. The zero-order chi connectivity index (χ0) is 13.4. The third kappa shape index (κ3) is 2.54. The Morgan fingerprint density at radius 1 is 1.16 bits per heavy atom. The second-order valence-corrected chi connectivity index (χ2v) is 5.56. The summed E-state index contributed by atoms with van der Waals surface area (Å²) < 4.78 is 5.25. The molecule has 19 heavy (non-hydrogen) atoms. The number of hydrogen-bond acceptors (Lipinski definition) is 4. The second kappa shape index (κ2) is 4.78. The van der Waals surface area contributed by atoms with Crippen LogP contribution < -0.4 is 5.73 Å². The van der Waals surface area contributed by atoms with Crippen molar-refractivity contribution in [2.45, 2.75) is 44.6 Å². The van der Waals surface area contributed by atoms with Gasteiger partial charge in [0, 0.05) is 5.92 Å². The highest BCUT2D eigenvalue weighted by atomic mass is 16.5. The number of hydrogen-bond donors (Lipinski definition) is 1. The first kappa shape index (κ1) is 12.4. The van der Waals surface area contributed by atoms with Crippen LogP contribution in [0.3, 0.4) is 0 Å². The molecule has 0 amide bonds. The normalized spacial score (nSPS) is 16.8. The van der Waals surface area contributed by atoms with Crippen molar-refractivity contribution in [3.63, 3.8) is 0 Å². The largest absolute Gasteiger partial charge is 0.339 e. The molecular weight excluding hydrogens is 238 g/mol. The monoisotopic (exact) mass is 257 g/mol. The molecule has 4 nitrogen and oxygen atoms in total. The molecular formula is C15H19N3O. The molecule has 1 aromatic heterocycles. The number of benzene rings is 1. The van der Waals surface area contributed by atoms with E-state index in [0.717, 1.165) is 24.3 Å². The Balaban J connectivity index is 1.79. The van der Waals surface area contributed by atoms with E-state index >= 15 is 0 Å². The fourth-order valence-electron chi connectivity index (χ4n) is 2.11. The number of nitrogens with two attached hydrogens (primary N) is 1. The van der Waals surface area contributed by atoms with Crippen LogP contribution in [-0.2, 0) is 0 Å². The van der Waals surface area contributed by atoms with Crippen molar-refractivity contribution in [1.29, 1.82) is 0 Å². The van der Waals surface area contributed by atoms with Gasteiger partial charge in [-0.25, -0.2) is 0 Å². The van der Waals surface area contributed by atoms with Crippen LogP contribution in [0.2, 0.25) is 0 Å². The summed E-state index contributed by atoms with van der Waals surface area (Å²) in [6, 6.07) is 8.02. The van der Waals surface area contributed by atoms with E-state index in [1.54, 1.807) is 0 Å². The highest BCUT2D eigenvalue weighted by Crippen LogP contribution is 2.39. The van der Waals surface area contributed by atoms with Crippen molar-refractivity contribution in [3.05, 3.63) is 47.1 Å². The maximum atomic E-state index is 6.19. The molecule has 0 bridgehead atoms. The fraction of sp³-hybridized carbons (Fsp3) is 0.467. The third-order valence-electron chi connectivity index (χ3n) is 3.62. The van der Waals surface area contributed by atoms with Crippen molar-refractivity contribution in [2.75, 3.05) is 0 Å². The lowest BCUT2D eigenvalue weighted by Gasteiger charge is -2.10. The van der Waals surface area contributed by atoms with Gasteiger partial charge in [0.25, 0.3) is 0 Å². The first-order chi connectivity index (χ1) is 9.15. The predicted octanol–water partition coefficient (Wildman–Crippen LogP) is 3.12. The van der Waals surface area contributed by atoms with Gasteiger partial charge in [-0.2, -0.15) is 4.98 Å². The minimum Gasteiger partial charge on any atom is -0.339 e. The van der Waals surface area contributed by atoms with Gasteiger partial charge in [-0.1, -0.05) is 43.3 Å². The van der Waals surface area contributed by atoms with E-state index in [-0.39, 0.29) is 6.04 Å². The van der Waals surface area contributed by atoms with Gasteiger partial charge < -0.3 is 10.3 Å². The lowest BCUT2D eigenvalue weighted by molar-refractivity contribution is 0.372. The first-order valence-electron chi connectivity index (χ1n) is 6.84. The average Bonchev–Trinajstić information content (AvgIpc) is 3.16. The molecule has 1 aromatic carbocycles. The summed E-state index contributed by atoms with van der Waals surface area (Å²) in [6.07, 6.45) is 2.31. The number of rotatable bonds is 4. The molecule has 1 aliphatic carbocycles. The summed E-state index contributed by atoms with van der Waals surface area (Å²) in [5.74, 6) is 2.32. The van der Waals surface area contributed by atoms with Crippen LogP contribution in [0, 0.1) is 0 Å². The van der Waals surface area contributed by atoms with Crippen molar-refractivity contribution in [3.8, 4) is 0 Å². The maximum Gasteiger partial charge on any atom is 0.229 e. The van der Waals surface area contributed by atoms with Crippen molar-refractivity contribution in [2.24, 2.45) is 5.73 Å². The van der Waals surface area contributed by atoms with Crippen LogP contribution >= 0.6 is 0 Å². The lowest BCUT2D eigenvalue weighted by atomic mass is 9.99. The molecule has 1 fully saturated rings. The van der Waals surface area contributed by atoms with Gasteiger partial charge in [0.1, 0.15) is 0 Å². The molecule has 100 valence electrons. The Morgan fingerprint density at radius 3 is 2.37 bits per heavy atom. The van der Waals surface area contributed by atoms with Crippen LogP contribution in [0.4, 0.5) is 0 Å². The molecule has 2 N–H and O–H groups in total. The molecule has 1 atom stereocenters. The van der Waals surface area contributed by atoms with Gasteiger partial charge in [-0.05, 0) is 29.9 Å². The maximum absolute atomic E-state index is 6.19. The van der Waals surface area contributed by atoms with E-state index in [0.29, 0.717) is 17.7 Å². The minimum absolute atomic E-state index is 0.308. The summed E-state index contributed by atoms with van der Waals surface area (Å²) in [5.41, 5.74) is 8.52. The molecule has 1 saturated carbocycles. The zero-order valence-electron chi connectivity index (χ0n) is 11.3. The zero-order valence-corrected chi connectivity index (χ0v) is 11.3. The van der Waals surface area contributed by atoms with E-state index in [1.165, 1.54) is 5.56 Å². The Bertz CT molecular complexity index is 555. The van der Waals surface area contributed by atoms with Crippen molar-refractivity contribution < 1.29 is 4.52 Å². The van der Waals surface area contributed by atoms with Crippen molar-refractivity contribution in [1.82, 2.24) is 10.1 Å². The van der Waals surface area contributed by atoms with Crippen LogP contribution in [-0.4, -0.2) is 10.1 Å². The predicted molar refractivity (Wildman–Crippen MR) is 72.8 cm³/mol. The molecule has 0 aliphatic heterocycles. The van der Waals surface area contributed by atoms with Gasteiger partial charge >= 0.3 is 0 Å². The van der Waals surface area contributed by atoms with Gasteiger partial charge in [-0.3, -0.25) is 0 Å². The van der Waals surface area contributed by atoms with Gasteiger partial charge in [0.15, 0.2) is 5.82 Å².